The second kappa shape index (κ2) is 19.1. The summed E-state index contributed by atoms with van der Waals surface area (Å²) >= 11 is 0. The van der Waals surface area contributed by atoms with Crippen molar-refractivity contribution >= 4 is 0 Å². The summed E-state index contributed by atoms with van der Waals surface area (Å²) in [6.45, 7) is 0.743. The zero-order valence-corrected chi connectivity index (χ0v) is 31.0. The van der Waals surface area contributed by atoms with E-state index in [2.05, 4.69) is 36.4 Å². The van der Waals surface area contributed by atoms with Gasteiger partial charge in [-0.3, -0.25) is 0 Å². The molecule has 6 aromatic rings. The van der Waals surface area contributed by atoms with Crippen LogP contribution in [0.4, 0.5) is 0 Å². The highest BCUT2D eigenvalue weighted by Crippen LogP contribution is 2.41. The molecule has 55 heavy (non-hydrogen) atoms. The zero-order valence-electron chi connectivity index (χ0n) is 31.0. The zero-order chi connectivity index (χ0) is 37.7. The Morgan fingerprint density at radius 2 is 0.836 bits per heavy atom. The van der Waals surface area contributed by atoms with Crippen LogP contribution in [0.1, 0.15) is 33.4 Å². The molecule has 1 aliphatic rings. The van der Waals surface area contributed by atoms with Crippen LogP contribution < -0.4 is 0 Å². The Kier molecular flexibility index (Phi) is 13.3. The minimum atomic E-state index is -1.17. The van der Waals surface area contributed by atoms with Gasteiger partial charge in [0.2, 0.25) is 0 Å². The molecule has 1 N–H and O–H groups in total. The number of methoxy groups -OCH3 is 1. The fourth-order valence-corrected chi connectivity index (χ4v) is 7.26. The molecule has 0 radical (unpaired) electrons. The lowest BCUT2D eigenvalue weighted by Crippen LogP contribution is -2.64. The van der Waals surface area contributed by atoms with Gasteiger partial charge in [0.25, 0.3) is 0 Å². The van der Waals surface area contributed by atoms with E-state index in [1.54, 1.807) is 7.11 Å². The standard InChI is InChI=1S/C48H48O7/c1-50-47-46(53-34-38-24-12-4-13-25-38)45(52-33-37-22-10-3-11-23-37)44(51-32-36-20-8-2-9-21-36)43(55-47)42(49)35-54-48(39-26-14-5-15-27-39,40-28-16-6-17-29-40)41-30-18-7-19-31-41/h2-31,42-47,49H,32-35H2,1H3/t42?,43-,44-,45+,46+,47+/m1/s1. The number of hydrogen-bond acceptors (Lipinski definition) is 7. The first-order valence-electron chi connectivity index (χ1n) is 18.8. The first-order valence-corrected chi connectivity index (χ1v) is 18.8. The predicted molar refractivity (Wildman–Crippen MR) is 212 cm³/mol. The largest absolute Gasteiger partial charge is 0.388 e. The van der Waals surface area contributed by atoms with Gasteiger partial charge in [0, 0.05) is 7.11 Å². The first-order chi connectivity index (χ1) is 27.2. The molecule has 0 aliphatic carbocycles. The molecule has 1 heterocycles. The topological polar surface area (TPSA) is 75.6 Å². The van der Waals surface area contributed by atoms with Crippen LogP contribution in [0.5, 0.6) is 0 Å². The molecule has 1 unspecified atom stereocenters. The van der Waals surface area contributed by atoms with Crippen LogP contribution in [0.25, 0.3) is 0 Å². The maximum absolute atomic E-state index is 12.4. The lowest BCUT2D eigenvalue weighted by atomic mass is 9.80. The van der Waals surface area contributed by atoms with Gasteiger partial charge in [-0.2, -0.15) is 0 Å². The summed E-state index contributed by atoms with van der Waals surface area (Å²) in [7, 11) is 1.58. The maximum atomic E-state index is 12.4. The highest BCUT2D eigenvalue weighted by Gasteiger charge is 2.51. The van der Waals surface area contributed by atoms with Crippen LogP contribution in [0, 0.1) is 0 Å². The Bertz CT molecular complexity index is 1870. The van der Waals surface area contributed by atoms with Crippen molar-refractivity contribution in [1.82, 2.24) is 0 Å². The lowest BCUT2D eigenvalue weighted by molar-refractivity contribution is -0.331. The third-order valence-electron chi connectivity index (χ3n) is 10.0. The molecule has 0 amide bonds. The number of rotatable bonds is 17. The molecule has 1 aliphatic heterocycles. The van der Waals surface area contributed by atoms with E-state index < -0.39 is 42.4 Å². The molecule has 0 saturated carbocycles. The van der Waals surface area contributed by atoms with E-state index in [0.717, 1.165) is 33.4 Å². The summed E-state index contributed by atoms with van der Waals surface area (Å²) < 4.78 is 39.9. The molecule has 0 bridgehead atoms. The van der Waals surface area contributed by atoms with Crippen LogP contribution in [-0.4, -0.2) is 55.6 Å². The lowest BCUT2D eigenvalue weighted by Gasteiger charge is -2.47. The number of hydrogen-bond donors (Lipinski definition) is 1. The van der Waals surface area contributed by atoms with Crippen molar-refractivity contribution in [1.29, 1.82) is 0 Å². The van der Waals surface area contributed by atoms with Crippen LogP contribution in [0.2, 0.25) is 0 Å². The summed E-state index contributed by atoms with van der Waals surface area (Å²) in [6.07, 6.45) is -5.17. The fourth-order valence-electron chi connectivity index (χ4n) is 7.26. The number of ether oxygens (including phenoxy) is 6. The van der Waals surface area contributed by atoms with Gasteiger partial charge in [-0.05, 0) is 33.4 Å². The van der Waals surface area contributed by atoms with Gasteiger partial charge in [0.15, 0.2) is 6.29 Å². The van der Waals surface area contributed by atoms with Crippen molar-refractivity contribution in [2.45, 2.75) is 62.2 Å². The Morgan fingerprint density at radius 1 is 0.491 bits per heavy atom. The highest BCUT2D eigenvalue weighted by molar-refractivity contribution is 5.47. The molecule has 7 rings (SSSR count). The maximum Gasteiger partial charge on any atom is 0.186 e. The fraction of sp³-hybridized carbons (Fsp3) is 0.250. The van der Waals surface area contributed by atoms with Crippen molar-refractivity contribution in [2.75, 3.05) is 13.7 Å². The average molecular weight is 737 g/mol. The summed E-state index contributed by atoms with van der Waals surface area (Å²) in [5, 5.41) is 12.4. The van der Waals surface area contributed by atoms with Crippen molar-refractivity contribution < 1.29 is 33.5 Å². The summed E-state index contributed by atoms with van der Waals surface area (Å²) in [5.74, 6) is 0. The Hall–Kier alpha value is -4.96. The second-order valence-corrected chi connectivity index (χ2v) is 13.6. The molecule has 7 heteroatoms. The van der Waals surface area contributed by atoms with E-state index in [0.29, 0.717) is 6.61 Å². The van der Waals surface area contributed by atoms with Crippen molar-refractivity contribution in [3.63, 3.8) is 0 Å². The van der Waals surface area contributed by atoms with E-state index in [1.807, 2.05) is 146 Å². The van der Waals surface area contributed by atoms with Crippen molar-refractivity contribution in [3.05, 3.63) is 215 Å². The van der Waals surface area contributed by atoms with E-state index in [1.165, 1.54) is 0 Å². The van der Waals surface area contributed by atoms with Crippen LogP contribution >= 0.6 is 0 Å². The number of aliphatic hydroxyl groups excluding tert-OH is 1. The highest BCUT2D eigenvalue weighted by atomic mass is 16.7. The first kappa shape index (κ1) is 38.3. The predicted octanol–water partition coefficient (Wildman–Crippen LogP) is 8.48. The van der Waals surface area contributed by atoms with E-state index >= 15 is 0 Å². The summed E-state index contributed by atoms with van der Waals surface area (Å²) in [5.41, 5.74) is 4.68. The molecular weight excluding hydrogens is 689 g/mol. The minimum absolute atomic E-state index is 0.105. The van der Waals surface area contributed by atoms with Gasteiger partial charge < -0.3 is 33.5 Å². The Balaban J connectivity index is 1.24. The number of benzene rings is 6. The molecule has 1 fully saturated rings. The van der Waals surface area contributed by atoms with Gasteiger partial charge in [0.1, 0.15) is 36.1 Å². The Morgan fingerprint density at radius 3 is 1.22 bits per heavy atom. The van der Waals surface area contributed by atoms with E-state index in [-0.39, 0.29) is 19.8 Å². The van der Waals surface area contributed by atoms with Crippen LogP contribution in [-0.2, 0) is 53.8 Å². The molecule has 7 nitrogen and oxygen atoms in total. The third kappa shape index (κ3) is 9.30. The normalized spacial score (nSPS) is 20.5. The van der Waals surface area contributed by atoms with Gasteiger partial charge in [-0.25, -0.2) is 0 Å². The van der Waals surface area contributed by atoms with Crippen LogP contribution in [0.3, 0.4) is 0 Å². The minimum Gasteiger partial charge on any atom is -0.388 e. The SMILES string of the molecule is CO[C@H]1O[C@H](C(O)COC(c2ccccc2)(c2ccccc2)c2ccccc2)[C@@H](OCc2ccccc2)[C@H](OCc2ccccc2)[C@@H]1OCc1ccccc1. The van der Waals surface area contributed by atoms with Crippen molar-refractivity contribution in [2.24, 2.45) is 0 Å². The second-order valence-electron chi connectivity index (χ2n) is 13.6. The van der Waals surface area contributed by atoms with E-state index in [4.69, 9.17) is 28.4 Å². The monoisotopic (exact) mass is 736 g/mol. The summed E-state index contributed by atoms with van der Waals surface area (Å²) in [6, 6.07) is 60.1. The number of aliphatic hydroxyl groups is 1. The average Bonchev–Trinajstić information content (AvgIpc) is 3.26. The molecule has 6 atom stereocenters. The molecule has 6 aromatic carbocycles. The quantitative estimate of drug-likeness (QED) is 0.0942. The van der Waals surface area contributed by atoms with Crippen molar-refractivity contribution in [3.8, 4) is 0 Å². The molecular formula is C48H48O7. The van der Waals surface area contributed by atoms with Crippen LogP contribution in [0.15, 0.2) is 182 Å². The molecule has 0 spiro atoms. The van der Waals surface area contributed by atoms with Gasteiger partial charge in [-0.15, -0.1) is 0 Å². The molecule has 282 valence electrons. The van der Waals surface area contributed by atoms with Gasteiger partial charge >= 0.3 is 0 Å². The smallest absolute Gasteiger partial charge is 0.186 e. The van der Waals surface area contributed by atoms with E-state index in [9.17, 15) is 5.11 Å². The summed E-state index contributed by atoms with van der Waals surface area (Å²) in [4.78, 5) is 0. The van der Waals surface area contributed by atoms with Gasteiger partial charge in [-0.1, -0.05) is 182 Å². The van der Waals surface area contributed by atoms with Gasteiger partial charge in [0.05, 0.1) is 26.4 Å². The molecule has 0 aromatic heterocycles. The molecule has 1 saturated heterocycles. The third-order valence-corrected chi connectivity index (χ3v) is 10.0. The Labute approximate surface area is 324 Å².